The first-order valence-corrected chi connectivity index (χ1v) is 8.15. The molecule has 3 rings (SSSR count). The lowest BCUT2D eigenvalue weighted by atomic mass is 10.3. The summed E-state index contributed by atoms with van der Waals surface area (Å²) in [7, 11) is 1.67. The number of aromatic nitrogens is 3. The topological polar surface area (TPSA) is 63.6 Å². The predicted octanol–water partition coefficient (Wildman–Crippen LogP) is 1.99. The fourth-order valence-corrected chi connectivity index (χ4v) is 2.69. The monoisotopic (exact) mass is 329 g/mol. The predicted molar refractivity (Wildman–Crippen MR) is 93.0 cm³/mol. The summed E-state index contributed by atoms with van der Waals surface area (Å²) in [5.41, 5.74) is 0. The molecule has 24 heavy (non-hydrogen) atoms. The molecule has 128 valence electrons. The maximum absolute atomic E-state index is 5.78. The Balaban J connectivity index is 1.69. The second kappa shape index (κ2) is 7.33. The molecule has 0 bridgehead atoms. The quantitative estimate of drug-likeness (QED) is 0.831. The molecule has 0 atom stereocenters. The summed E-state index contributed by atoms with van der Waals surface area (Å²) >= 11 is 0. The molecule has 7 heteroatoms. The molecule has 0 aliphatic carbocycles. The van der Waals surface area contributed by atoms with E-state index >= 15 is 0 Å². The van der Waals surface area contributed by atoms with Crippen molar-refractivity contribution in [3.63, 3.8) is 0 Å². The zero-order chi connectivity index (χ0) is 16.9. The maximum Gasteiger partial charge on any atom is 0.257 e. The van der Waals surface area contributed by atoms with E-state index in [1.54, 1.807) is 25.7 Å². The molecule has 0 unspecified atom stereocenters. The Morgan fingerprint density at radius 3 is 2.38 bits per heavy atom. The van der Waals surface area contributed by atoms with Crippen LogP contribution < -0.4 is 19.3 Å². The first-order valence-electron chi connectivity index (χ1n) is 8.15. The summed E-state index contributed by atoms with van der Waals surface area (Å²) < 4.78 is 11.1. The second-order valence-corrected chi connectivity index (χ2v) is 5.88. The Morgan fingerprint density at radius 2 is 1.67 bits per heavy atom. The van der Waals surface area contributed by atoms with Crippen molar-refractivity contribution in [1.29, 1.82) is 0 Å². The minimum absolute atomic E-state index is 0.0720. The standard InChI is InChI=1S/C17H23N5O2/c1-13(2)24-17-16(19-6-7-20-17)22-10-8-21(9-11-22)15-12-14(23-3)4-5-18-15/h4-7,12-13H,8-11H2,1-3H3. The first kappa shape index (κ1) is 16.3. The molecule has 7 nitrogen and oxygen atoms in total. The van der Waals surface area contributed by atoms with Crippen molar-refractivity contribution in [3.8, 4) is 11.6 Å². The fourth-order valence-electron chi connectivity index (χ4n) is 2.69. The van der Waals surface area contributed by atoms with E-state index in [0.29, 0.717) is 5.88 Å². The lowest BCUT2D eigenvalue weighted by molar-refractivity contribution is 0.232. The van der Waals surface area contributed by atoms with Crippen LogP contribution in [0.15, 0.2) is 30.7 Å². The number of pyridine rings is 1. The molecule has 0 saturated carbocycles. The molecule has 2 aromatic rings. The van der Waals surface area contributed by atoms with Crippen LogP contribution in [-0.4, -0.2) is 54.3 Å². The van der Waals surface area contributed by atoms with Crippen LogP contribution in [0.3, 0.4) is 0 Å². The van der Waals surface area contributed by atoms with Gasteiger partial charge in [-0.05, 0) is 19.9 Å². The Hall–Kier alpha value is -2.57. The average molecular weight is 329 g/mol. The van der Waals surface area contributed by atoms with Crippen LogP contribution in [0, 0.1) is 0 Å². The van der Waals surface area contributed by atoms with E-state index in [1.807, 2.05) is 26.0 Å². The molecule has 1 fully saturated rings. The number of nitrogens with zero attached hydrogens (tertiary/aromatic N) is 5. The van der Waals surface area contributed by atoms with Crippen molar-refractivity contribution in [2.45, 2.75) is 20.0 Å². The van der Waals surface area contributed by atoms with Gasteiger partial charge in [-0.3, -0.25) is 0 Å². The Morgan fingerprint density at radius 1 is 0.958 bits per heavy atom. The van der Waals surface area contributed by atoms with Gasteiger partial charge in [0, 0.05) is 50.8 Å². The fraction of sp³-hybridized carbons (Fsp3) is 0.471. The summed E-state index contributed by atoms with van der Waals surface area (Å²) in [5.74, 6) is 3.17. The molecular formula is C17H23N5O2. The third-order valence-electron chi connectivity index (χ3n) is 3.85. The van der Waals surface area contributed by atoms with Crippen LogP contribution >= 0.6 is 0 Å². The van der Waals surface area contributed by atoms with Gasteiger partial charge >= 0.3 is 0 Å². The number of hydrogen-bond acceptors (Lipinski definition) is 7. The number of rotatable bonds is 5. The van der Waals surface area contributed by atoms with Gasteiger partial charge in [0.15, 0.2) is 5.82 Å². The average Bonchev–Trinajstić information content (AvgIpc) is 2.62. The second-order valence-electron chi connectivity index (χ2n) is 5.88. The molecule has 0 N–H and O–H groups in total. The van der Waals surface area contributed by atoms with Crippen molar-refractivity contribution >= 4 is 11.6 Å². The Kier molecular flexibility index (Phi) is 4.98. The number of ether oxygens (including phenoxy) is 2. The van der Waals surface area contributed by atoms with E-state index in [9.17, 15) is 0 Å². The molecule has 1 saturated heterocycles. The number of hydrogen-bond donors (Lipinski definition) is 0. The van der Waals surface area contributed by atoms with Gasteiger partial charge in [0.1, 0.15) is 11.6 Å². The van der Waals surface area contributed by atoms with Crippen molar-refractivity contribution in [1.82, 2.24) is 15.0 Å². The SMILES string of the molecule is COc1ccnc(N2CCN(c3nccnc3OC(C)C)CC2)c1. The number of anilines is 2. The minimum atomic E-state index is 0.0720. The van der Waals surface area contributed by atoms with E-state index in [-0.39, 0.29) is 6.10 Å². The van der Waals surface area contributed by atoms with Crippen molar-refractivity contribution in [3.05, 3.63) is 30.7 Å². The van der Waals surface area contributed by atoms with Gasteiger partial charge in [-0.15, -0.1) is 0 Å². The minimum Gasteiger partial charge on any atom is -0.497 e. The maximum atomic E-state index is 5.78. The van der Waals surface area contributed by atoms with Crippen molar-refractivity contribution < 1.29 is 9.47 Å². The molecule has 1 aliphatic rings. The van der Waals surface area contributed by atoms with Gasteiger partial charge in [0.25, 0.3) is 5.88 Å². The smallest absolute Gasteiger partial charge is 0.257 e. The zero-order valence-electron chi connectivity index (χ0n) is 14.3. The van der Waals surface area contributed by atoms with Crippen LogP contribution in [0.1, 0.15) is 13.8 Å². The molecule has 0 radical (unpaired) electrons. The number of piperazine rings is 1. The summed E-state index contributed by atoms with van der Waals surface area (Å²) in [6, 6.07) is 3.82. The summed E-state index contributed by atoms with van der Waals surface area (Å²) in [5, 5.41) is 0. The van der Waals surface area contributed by atoms with Crippen LogP contribution in [0.25, 0.3) is 0 Å². The van der Waals surface area contributed by atoms with Crippen LogP contribution in [-0.2, 0) is 0 Å². The lowest BCUT2D eigenvalue weighted by Gasteiger charge is -2.36. The van der Waals surface area contributed by atoms with Gasteiger partial charge in [-0.25, -0.2) is 15.0 Å². The largest absolute Gasteiger partial charge is 0.497 e. The molecule has 2 aromatic heterocycles. The molecule has 0 spiro atoms. The highest BCUT2D eigenvalue weighted by molar-refractivity contribution is 5.51. The third-order valence-corrected chi connectivity index (χ3v) is 3.85. The summed E-state index contributed by atoms with van der Waals surface area (Å²) in [6.45, 7) is 7.38. The summed E-state index contributed by atoms with van der Waals surface area (Å²) in [4.78, 5) is 17.7. The molecular weight excluding hydrogens is 306 g/mol. The van der Waals surface area contributed by atoms with E-state index in [0.717, 1.165) is 43.6 Å². The normalized spacial score (nSPS) is 14.8. The van der Waals surface area contributed by atoms with E-state index in [4.69, 9.17) is 9.47 Å². The number of methoxy groups -OCH3 is 1. The van der Waals surface area contributed by atoms with E-state index < -0.39 is 0 Å². The molecule has 3 heterocycles. The summed E-state index contributed by atoms with van der Waals surface area (Å²) in [6.07, 6.45) is 5.22. The zero-order valence-corrected chi connectivity index (χ0v) is 14.3. The van der Waals surface area contributed by atoms with Crippen molar-refractivity contribution in [2.24, 2.45) is 0 Å². The first-order chi connectivity index (χ1) is 11.7. The lowest BCUT2D eigenvalue weighted by Crippen LogP contribution is -2.47. The van der Waals surface area contributed by atoms with Gasteiger partial charge in [0.2, 0.25) is 0 Å². The molecule has 1 aliphatic heterocycles. The van der Waals surface area contributed by atoms with Gasteiger partial charge in [-0.1, -0.05) is 0 Å². The van der Waals surface area contributed by atoms with Crippen molar-refractivity contribution in [2.75, 3.05) is 43.1 Å². The molecule has 0 aromatic carbocycles. The van der Waals surface area contributed by atoms with E-state index in [1.165, 1.54) is 0 Å². The van der Waals surface area contributed by atoms with Gasteiger partial charge in [-0.2, -0.15) is 0 Å². The highest BCUT2D eigenvalue weighted by atomic mass is 16.5. The van der Waals surface area contributed by atoms with E-state index in [2.05, 4.69) is 24.8 Å². The Labute approximate surface area is 142 Å². The van der Waals surface area contributed by atoms with Crippen LogP contribution in [0.5, 0.6) is 11.6 Å². The third kappa shape index (κ3) is 3.67. The highest BCUT2D eigenvalue weighted by Gasteiger charge is 2.22. The van der Waals surface area contributed by atoms with Crippen LogP contribution in [0.4, 0.5) is 11.6 Å². The molecule has 0 amide bonds. The van der Waals surface area contributed by atoms with Crippen LogP contribution in [0.2, 0.25) is 0 Å². The van der Waals surface area contributed by atoms with Gasteiger partial charge < -0.3 is 19.3 Å². The van der Waals surface area contributed by atoms with Gasteiger partial charge in [0.05, 0.1) is 13.2 Å². The Bertz CT molecular complexity index is 672. The highest BCUT2D eigenvalue weighted by Crippen LogP contribution is 2.26.